The van der Waals surface area contributed by atoms with Crippen molar-refractivity contribution >= 4 is 23.0 Å². The SMILES string of the molecule is O=[N+]([O-])c1c(Cl)cccc1N1CC[C@H]2CNC[C@H]21. The van der Waals surface area contributed by atoms with E-state index in [-0.39, 0.29) is 15.6 Å². The van der Waals surface area contributed by atoms with Gasteiger partial charge in [0.1, 0.15) is 10.7 Å². The number of rotatable bonds is 2. The monoisotopic (exact) mass is 267 g/mol. The first-order valence-electron chi connectivity index (χ1n) is 6.08. The molecule has 2 aliphatic heterocycles. The number of nitro groups is 1. The number of fused-ring (bicyclic) bond motifs is 1. The highest BCUT2D eigenvalue weighted by Gasteiger charge is 2.40. The molecule has 0 bridgehead atoms. The maximum Gasteiger partial charge on any atom is 0.310 e. The maximum absolute atomic E-state index is 11.2. The fraction of sp³-hybridized carbons (Fsp3) is 0.500. The van der Waals surface area contributed by atoms with Crippen LogP contribution in [0.4, 0.5) is 11.4 Å². The molecular formula is C12H14ClN3O2. The van der Waals surface area contributed by atoms with Crippen LogP contribution in [0, 0.1) is 16.0 Å². The summed E-state index contributed by atoms with van der Waals surface area (Å²) in [7, 11) is 0. The summed E-state index contributed by atoms with van der Waals surface area (Å²) in [6, 6.07) is 5.51. The number of nitrogens with one attached hydrogen (secondary N) is 1. The van der Waals surface area contributed by atoms with Gasteiger partial charge in [-0.25, -0.2) is 0 Å². The highest BCUT2D eigenvalue weighted by Crippen LogP contribution is 2.40. The lowest BCUT2D eigenvalue weighted by Crippen LogP contribution is -2.34. The molecule has 0 aliphatic carbocycles. The highest BCUT2D eigenvalue weighted by atomic mass is 35.5. The van der Waals surface area contributed by atoms with Gasteiger partial charge in [-0.1, -0.05) is 17.7 Å². The zero-order valence-electron chi connectivity index (χ0n) is 9.80. The van der Waals surface area contributed by atoms with Crippen molar-refractivity contribution in [2.75, 3.05) is 24.5 Å². The van der Waals surface area contributed by atoms with E-state index in [9.17, 15) is 10.1 Å². The lowest BCUT2D eigenvalue weighted by atomic mass is 10.0. The summed E-state index contributed by atoms with van der Waals surface area (Å²) >= 11 is 5.96. The van der Waals surface area contributed by atoms with E-state index < -0.39 is 0 Å². The number of halogens is 1. The molecule has 1 aromatic carbocycles. The molecular weight excluding hydrogens is 254 g/mol. The summed E-state index contributed by atoms with van der Waals surface area (Å²) in [4.78, 5) is 12.9. The molecule has 0 amide bonds. The highest BCUT2D eigenvalue weighted by molar-refractivity contribution is 6.33. The summed E-state index contributed by atoms with van der Waals surface area (Å²) in [6.07, 6.45) is 1.08. The minimum absolute atomic E-state index is 0.0340. The topological polar surface area (TPSA) is 58.4 Å². The second-order valence-corrected chi connectivity index (χ2v) is 5.24. The second-order valence-electron chi connectivity index (χ2n) is 4.83. The van der Waals surface area contributed by atoms with Crippen molar-refractivity contribution < 1.29 is 4.92 Å². The van der Waals surface area contributed by atoms with Crippen LogP contribution in [0.5, 0.6) is 0 Å². The van der Waals surface area contributed by atoms with Crippen LogP contribution in [0.15, 0.2) is 18.2 Å². The molecule has 2 fully saturated rings. The Hall–Kier alpha value is -1.33. The van der Waals surface area contributed by atoms with Crippen molar-refractivity contribution in [1.29, 1.82) is 0 Å². The minimum atomic E-state index is -0.382. The Morgan fingerprint density at radius 2 is 2.28 bits per heavy atom. The van der Waals surface area contributed by atoms with Gasteiger partial charge in [-0.3, -0.25) is 10.1 Å². The van der Waals surface area contributed by atoms with E-state index in [2.05, 4.69) is 10.2 Å². The molecule has 0 aromatic heterocycles. The standard InChI is InChI=1S/C12H14ClN3O2/c13-9-2-1-3-10(12(9)16(17)18)15-5-4-8-6-14-7-11(8)15/h1-3,8,11,14H,4-7H2/t8-,11+/m0/s1. The van der Waals surface area contributed by atoms with Gasteiger partial charge in [-0.05, 0) is 24.5 Å². The van der Waals surface area contributed by atoms with Gasteiger partial charge in [0.15, 0.2) is 0 Å². The normalized spacial score (nSPS) is 26.4. The van der Waals surface area contributed by atoms with Gasteiger partial charge < -0.3 is 10.2 Å². The van der Waals surface area contributed by atoms with Crippen molar-refractivity contribution in [2.45, 2.75) is 12.5 Å². The van der Waals surface area contributed by atoms with Crippen LogP contribution in [0.25, 0.3) is 0 Å². The summed E-state index contributed by atoms with van der Waals surface area (Å²) < 4.78 is 0. The van der Waals surface area contributed by atoms with E-state index in [4.69, 9.17) is 11.6 Å². The summed E-state index contributed by atoms with van der Waals surface area (Å²) in [6.45, 7) is 2.78. The average Bonchev–Trinajstić information content (AvgIpc) is 2.89. The van der Waals surface area contributed by atoms with E-state index in [0.29, 0.717) is 17.6 Å². The molecule has 0 unspecified atom stereocenters. The lowest BCUT2D eigenvalue weighted by molar-refractivity contribution is -0.384. The summed E-state index contributed by atoms with van der Waals surface area (Å²) in [5.41, 5.74) is 0.690. The molecule has 6 heteroatoms. The molecule has 1 N–H and O–H groups in total. The minimum Gasteiger partial charge on any atom is -0.361 e. The molecule has 0 saturated carbocycles. The molecule has 2 heterocycles. The van der Waals surface area contributed by atoms with Gasteiger partial charge in [0.25, 0.3) is 0 Å². The van der Waals surface area contributed by atoms with Crippen LogP contribution in [0.3, 0.4) is 0 Å². The molecule has 96 valence electrons. The van der Waals surface area contributed by atoms with Gasteiger partial charge in [0.05, 0.1) is 4.92 Å². The molecule has 0 radical (unpaired) electrons. The molecule has 5 nitrogen and oxygen atoms in total. The number of nitrogens with zero attached hydrogens (tertiary/aromatic N) is 2. The number of hydrogen-bond donors (Lipinski definition) is 1. The van der Waals surface area contributed by atoms with Gasteiger partial charge in [-0.2, -0.15) is 0 Å². The van der Waals surface area contributed by atoms with Crippen molar-refractivity contribution in [3.05, 3.63) is 33.3 Å². The Labute approximate surface area is 110 Å². The van der Waals surface area contributed by atoms with E-state index >= 15 is 0 Å². The Morgan fingerprint density at radius 1 is 1.44 bits per heavy atom. The van der Waals surface area contributed by atoms with Crippen molar-refractivity contribution in [2.24, 2.45) is 5.92 Å². The predicted octanol–water partition coefficient (Wildman–Crippen LogP) is 2.05. The summed E-state index contributed by atoms with van der Waals surface area (Å²) in [5.74, 6) is 0.601. The number of hydrogen-bond acceptors (Lipinski definition) is 4. The molecule has 1 aromatic rings. The smallest absolute Gasteiger partial charge is 0.310 e. The first-order valence-corrected chi connectivity index (χ1v) is 6.46. The van der Waals surface area contributed by atoms with Gasteiger partial charge in [0.2, 0.25) is 0 Å². The predicted molar refractivity (Wildman–Crippen MR) is 70.2 cm³/mol. The first kappa shape index (κ1) is 11.7. The van der Waals surface area contributed by atoms with E-state index in [1.165, 1.54) is 0 Å². The summed E-state index contributed by atoms with van der Waals surface area (Å²) in [5, 5.41) is 14.7. The van der Waals surface area contributed by atoms with Crippen molar-refractivity contribution in [3.8, 4) is 0 Å². The molecule has 18 heavy (non-hydrogen) atoms. The fourth-order valence-corrected chi connectivity index (χ4v) is 3.30. The Morgan fingerprint density at radius 3 is 3.06 bits per heavy atom. The quantitative estimate of drug-likeness (QED) is 0.658. The third kappa shape index (κ3) is 1.74. The van der Waals surface area contributed by atoms with Crippen LogP contribution in [-0.2, 0) is 0 Å². The average molecular weight is 268 g/mol. The molecule has 3 rings (SSSR count). The third-order valence-corrected chi connectivity index (χ3v) is 4.21. The van der Waals surface area contributed by atoms with E-state index in [1.54, 1.807) is 18.2 Å². The van der Waals surface area contributed by atoms with Gasteiger partial charge >= 0.3 is 5.69 Å². The zero-order valence-corrected chi connectivity index (χ0v) is 10.6. The second kappa shape index (κ2) is 4.40. The van der Waals surface area contributed by atoms with Gasteiger partial charge in [0, 0.05) is 25.7 Å². The molecule has 0 spiro atoms. The lowest BCUT2D eigenvalue weighted by Gasteiger charge is -2.25. The first-order chi connectivity index (χ1) is 8.68. The van der Waals surface area contributed by atoms with E-state index in [0.717, 1.165) is 26.1 Å². The van der Waals surface area contributed by atoms with Crippen LogP contribution >= 0.6 is 11.6 Å². The van der Waals surface area contributed by atoms with Gasteiger partial charge in [-0.15, -0.1) is 0 Å². The fourth-order valence-electron chi connectivity index (χ4n) is 3.06. The van der Waals surface area contributed by atoms with Crippen LogP contribution in [-0.4, -0.2) is 30.6 Å². The number of para-hydroxylation sites is 1. The Bertz CT molecular complexity index is 494. The maximum atomic E-state index is 11.2. The van der Waals surface area contributed by atoms with Crippen LogP contribution < -0.4 is 10.2 Å². The third-order valence-electron chi connectivity index (χ3n) is 3.90. The zero-order chi connectivity index (χ0) is 12.7. The molecule has 2 aliphatic rings. The van der Waals surface area contributed by atoms with Crippen molar-refractivity contribution in [1.82, 2.24) is 5.32 Å². The number of benzene rings is 1. The van der Waals surface area contributed by atoms with Crippen LogP contribution in [0.1, 0.15) is 6.42 Å². The largest absolute Gasteiger partial charge is 0.361 e. The Balaban J connectivity index is 2.02. The Kier molecular flexibility index (Phi) is 2.87. The molecule has 2 saturated heterocycles. The van der Waals surface area contributed by atoms with E-state index in [1.807, 2.05) is 0 Å². The van der Waals surface area contributed by atoms with Crippen molar-refractivity contribution in [3.63, 3.8) is 0 Å². The van der Waals surface area contributed by atoms with Crippen LogP contribution in [0.2, 0.25) is 5.02 Å². The molecule has 2 atom stereocenters. The number of nitro benzene ring substituents is 1. The number of anilines is 1.